The van der Waals surface area contributed by atoms with E-state index in [1.54, 1.807) is 6.92 Å². The van der Waals surface area contributed by atoms with Gasteiger partial charge in [0.25, 0.3) is 5.91 Å². The van der Waals surface area contributed by atoms with Crippen LogP contribution in [0.15, 0.2) is 18.2 Å². The van der Waals surface area contributed by atoms with Gasteiger partial charge in [-0.05, 0) is 47.7 Å². The van der Waals surface area contributed by atoms with Crippen molar-refractivity contribution in [2.24, 2.45) is 0 Å². The normalized spacial score (nSPS) is 10.4. The second-order valence-corrected chi connectivity index (χ2v) is 4.85. The highest BCUT2D eigenvalue weighted by molar-refractivity contribution is 14.1. The summed E-state index contributed by atoms with van der Waals surface area (Å²) in [6.07, 6.45) is 0. The molecule has 0 saturated carbocycles. The molecule has 7 heteroatoms. The summed E-state index contributed by atoms with van der Waals surface area (Å²) in [7, 11) is 0. The van der Waals surface area contributed by atoms with Gasteiger partial charge in [0.15, 0.2) is 5.82 Å². The van der Waals surface area contributed by atoms with Crippen LogP contribution in [0.1, 0.15) is 16.1 Å². The number of aromatic nitrogens is 2. The van der Waals surface area contributed by atoms with E-state index in [1.807, 2.05) is 22.6 Å². The van der Waals surface area contributed by atoms with Gasteiger partial charge in [0.1, 0.15) is 11.4 Å². The second kappa shape index (κ2) is 4.92. The Kier molecular flexibility index (Phi) is 3.50. The number of benzene rings is 1. The largest absolute Gasteiger partial charge is 0.382 e. The lowest BCUT2D eigenvalue weighted by Crippen LogP contribution is -2.15. The number of hydrogen-bond donors (Lipinski definition) is 3. The van der Waals surface area contributed by atoms with Crippen LogP contribution < -0.4 is 11.1 Å². The zero-order chi connectivity index (χ0) is 13.3. The first-order chi connectivity index (χ1) is 8.49. The quantitative estimate of drug-likeness (QED) is 0.719. The summed E-state index contributed by atoms with van der Waals surface area (Å²) in [5, 5.41) is 9.04. The molecular weight excluding hydrogens is 350 g/mol. The predicted molar refractivity (Wildman–Crippen MR) is 74.8 cm³/mol. The van der Waals surface area contributed by atoms with Gasteiger partial charge in [-0.25, -0.2) is 4.39 Å². The summed E-state index contributed by atoms with van der Waals surface area (Å²) in [5.74, 6) is -0.582. The van der Waals surface area contributed by atoms with Gasteiger partial charge < -0.3 is 11.1 Å². The number of rotatable bonds is 2. The molecular formula is C11H10FIN4O. The van der Waals surface area contributed by atoms with Crippen LogP contribution in [0.2, 0.25) is 0 Å². The molecule has 2 rings (SSSR count). The van der Waals surface area contributed by atoms with E-state index in [0.29, 0.717) is 20.5 Å². The van der Waals surface area contributed by atoms with Crippen molar-refractivity contribution in [3.05, 3.63) is 38.8 Å². The first-order valence-corrected chi connectivity index (χ1v) is 6.13. The standard InChI is InChI=1S/C11H10FIN4O/c1-5-9(10(14)17-16-5)11(18)15-8-3-2-6(12)4-7(8)13/h2-4H,1H3,(H,15,18)(H3,14,16,17). The van der Waals surface area contributed by atoms with Crippen LogP contribution in [-0.4, -0.2) is 16.1 Å². The van der Waals surface area contributed by atoms with Crippen molar-refractivity contribution in [1.29, 1.82) is 0 Å². The van der Waals surface area contributed by atoms with Crippen LogP contribution in [-0.2, 0) is 0 Å². The van der Waals surface area contributed by atoms with E-state index in [1.165, 1.54) is 18.2 Å². The number of halogens is 2. The van der Waals surface area contributed by atoms with Gasteiger partial charge in [0, 0.05) is 9.26 Å². The number of carbonyl (C=O) groups excluding carboxylic acids is 1. The Hall–Kier alpha value is -1.64. The minimum Gasteiger partial charge on any atom is -0.382 e. The lowest BCUT2D eigenvalue weighted by atomic mass is 10.2. The summed E-state index contributed by atoms with van der Waals surface area (Å²) < 4.78 is 13.5. The topological polar surface area (TPSA) is 83.8 Å². The van der Waals surface area contributed by atoms with Gasteiger partial charge in [0.05, 0.1) is 5.69 Å². The Bertz CT molecular complexity index is 592. The molecule has 0 saturated heterocycles. The van der Waals surface area contributed by atoms with Crippen molar-refractivity contribution in [3.8, 4) is 0 Å². The maximum atomic E-state index is 12.9. The van der Waals surface area contributed by atoms with E-state index >= 15 is 0 Å². The smallest absolute Gasteiger partial charge is 0.261 e. The highest BCUT2D eigenvalue weighted by Gasteiger charge is 2.17. The Morgan fingerprint density at radius 3 is 2.83 bits per heavy atom. The van der Waals surface area contributed by atoms with Gasteiger partial charge in [-0.1, -0.05) is 0 Å². The average molecular weight is 360 g/mol. The van der Waals surface area contributed by atoms with Crippen LogP contribution >= 0.6 is 22.6 Å². The van der Waals surface area contributed by atoms with Crippen molar-refractivity contribution in [1.82, 2.24) is 10.2 Å². The number of aryl methyl sites for hydroxylation is 1. The lowest BCUT2D eigenvalue weighted by Gasteiger charge is -2.07. The zero-order valence-electron chi connectivity index (χ0n) is 9.42. The Balaban J connectivity index is 2.27. The SMILES string of the molecule is Cc1[nH]nc(N)c1C(=O)Nc1ccc(F)cc1I. The van der Waals surface area contributed by atoms with E-state index < -0.39 is 0 Å². The number of H-pyrrole nitrogens is 1. The third kappa shape index (κ3) is 2.45. The fourth-order valence-electron chi connectivity index (χ4n) is 1.51. The molecule has 94 valence electrons. The highest BCUT2D eigenvalue weighted by Crippen LogP contribution is 2.21. The first kappa shape index (κ1) is 12.8. The van der Waals surface area contributed by atoms with Crippen LogP contribution in [0.5, 0.6) is 0 Å². The molecule has 0 aliphatic carbocycles. The molecule has 0 atom stereocenters. The predicted octanol–water partition coefficient (Wildman–Crippen LogP) is 2.30. The molecule has 4 N–H and O–H groups in total. The van der Waals surface area contributed by atoms with Crippen molar-refractivity contribution in [2.75, 3.05) is 11.1 Å². The van der Waals surface area contributed by atoms with Crippen molar-refractivity contribution < 1.29 is 9.18 Å². The Morgan fingerprint density at radius 2 is 2.28 bits per heavy atom. The monoisotopic (exact) mass is 360 g/mol. The third-order valence-electron chi connectivity index (χ3n) is 2.38. The molecule has 0 aliphatic heterocycles. The number of nitrogens with two attached hydrogens (primary N) is 1. The van der Waals surface area contributed by atoms with Crippen LogP contribution in [0.3, 0.4) is 0 Å². The maximum Gasteiger partial charge on any atom is 0.261 e. The molecule has 0 aliphatic rings. The summed E-state index contributed by atoms with van der Waals surface area (Å²) in [5.41, 5.74) is 7.01. The lowest BCUT2D eigenvalue weighted by molar-refractivity contribution is 0.102. The summed E-state index contributed by atoms with van der Waals surface area (Å²) >= 11 is 1.95. The van der Waals surface area contributed by atoms with Gasteiger partial charge >= 0.3 is 0 Å². The molecule has 0 bridgehead atoms. The average Bonchev–Trinajstić information content (AvgIpc) is 2.62. The summed E-state index contributed by atoms with van der Waals surface area (Å²) in [4.78, 5) is 12.0. The van der Waals surface area contributed by atoms with Crippen molar-refractivity contribution in [3.63, 3.8) is 0 Å². The fourth-order valence-corrected chi connectivity index (χ4v) is 2.12. The number of nitrogens with zero attached hydrogens (tertiary/aromatic N) is 1. The third-order valence-corrected chi connectivity index (χ3v) is 3.27. The van der Waals surface area contributed by atoms with Gasteiger partial charge in [-0.3, -0.25) is 9.89 Å². The number of nitrogens with one attached hydrogen (secondary N) is 2. The summed E-state index contributed by atoms with van der Waals surface area (Å²) in [6, 6.07) is 4.12. The molecule has 0 radical (unpaired) electrons. The van der Waals surface area contributed by atoms with Crippen molar-refractivity contribution in [2.45, 2.75) is 6.92 Å². The molecule has 1 aromatic heterocycles. The zero-order valence-corrected chi connectivity index (χ0v) is 11.6. The minimum absolute atomic E-state index is 0.141. The van der Waals surface area contributed by atoms with Gasteiger partial charge in [0.2, 0.25) is 0 Å². The number of amides is 1. The van der Waals surface area contributed by atoms with Gasteiger partial charge in [-0.15, -0.1) is 0 Å². The van der Waals surface area contributed by atoms with Crippen LogP contribution in [0.4, 0.5) is 15.9 Å². The Morgan fingerprint density at radius 1 is 1.56 bits per heavy atom. The van der Waals surface area contributed by atoms with Crippen LogP contribution in [0, 0.1) is 16.3 Å². The second-order valence-electron chi connectivity index (χ2n) is 3.69. The van der Waals surface area contributed by atoms with E-state index in [9.17, 15) is 9.18 Å². The highest BCUT2D eigenvalue weighted by atomic mass is 127. The first-order valence-electron chi connectivity index (χ1n) is 5.06. The van der Waals surface area contributed by atoms with Crippen LogP contribution in [0.25, 0.3) is 0 Å². The molecule has 2 aromatic rings. The van der Waals surface area contributed by atoms with Gasteiger partial charge in [-0.2, -0.15) is 5.10 Å². The molecule has 5 nitrogen and oxygen atoms in total. The molecule has 1 amide bonds. The molecule has 0 spiro atoms. The minimum atomic E-state index is -0.372. The van der Waals surface area contributed by atoms with E-state index in [-0.39, 0.29) is 17.5 Å². The maximum absolute atomic E-state index is 12.9. The van der Waals surface area contributed by atoms with E-state index in [4.69, 9.17) is 5.73 Å². The molecule has 18 heavy (non-hydrogen) atoms. The number of anilines is 2. The number of nitrogen functional groups attached to an aromatic ring is 1. The number of aromatic amines is 1. The fraction of sp³-hybridized carbons (Fsp3) is 0.0909. The van der Waals surface area contributed by atoms with E-state index in [0.717, 1.165) is 0 Å². The van der Waals surface area contributed by atoms with Crippen molar-refractivity contribution >= 4 is 40.0 Å². The number of hydrogen-bond acceptors (Lipinski definition) is 3. The molecule has 1 heterocycles. The van der Waals surface area contributed by atoms with E-state index in [2.05, 4.69) is 15.5 Å². The molecule has 0 unspecified atom stereocenters. The molecule has 1 aromatic carbocycles. The summed E-state index contributed by atoms with van der Waals surface area (Å²) in [6.45, 7) is 1.70. The molecule has 0 fully saturated rings. The Labute approximate surface area is 116 Å². The number of carbonyl (C=O) groups is 1.